The Morgan fingerprint density at radius 1 is 1.11 bits per heavy atom. The molecule has 144 valence electrons. The molecule has 1 N–H and O–H groups in total. The van der Waals surface area contributed by atoms with Crippen molar-refractivity contribution in [1.29, 1.82) is 0 Å². The predicted molar refractivity (Wildman–Crippen MR) is 108 cm³/mol. The molecule has 3 rings (SSSR count). The van der Waals surface area contributed by atoms with Gasteiger partial charge in [-0.05, 0) is 23.8 Å². The van der Waals surface area contributed by atoms with E-state index in [2.05, 4.69) is 41.1 Å². The molecule has 1 fully saturated rings. The van der Waals surface area contributed by atoms with Crippen molar-refractivity contribution in [3.05, 3.63) is 66.2 Å². The van der Waals surface area contributed by atoms with Crippen LogP contribution < -0.4 is 19.5 Å². The van der Waals surface area contributed by atoms with Crippen molar-refractivity contribution in [3.63, 3.8) is 0 Å². The number of hydrogen-bond acceptors (Lipinski definition) is 5. The minimum absolute atomic E-state index is 0.262. The molecule has 0 saturated carbocycles. The topological polar surface area (TPSA) is 43.0 Å². The van der Waals surface area contributed by atoms with Gasteiger partial charge in [0.15, 0.2) is 11.5 Å². The Hall–Kier alpha value is -2.50. The van der Waals surface area contributed by atoms with Crippen LogP contribution in [0.25, 0.3) is 0 Å². The predicted octanol–water partition coefficient (Wildman–Crippen LogP) is 3.42. The second-order valence-electron chi connectivity index (χ2n) is 6.52. The monoisotopic (exact) mass is 368 g/mol. The summed E-state index contributed by atoms with van der Waals surface area (Å²) >= 11 is 0. The average molecular weight is 368 g/mol. The lowest BCUT2D eigenvalue weighted by atomic mass is 10.0. The molecule has 0 aromatic heterocycles. The quantitative estimate of drug-likeness (QED) is 0.724. The zero-order chi connectivity index (χ0) is 19.1. The van der Waals surface area contributed by atoms with Crippen molar-refractivity contribution in [3.8, 4) is 17.2 Å². The third-order valence-electron chi connectivity index (χ3n) is 4.82. The summed E-state index contributed by atoms with van der Waals surface area (Å²) in [5.74, 6) is 2.42. The smallest absolute Gasteiger partial charge is 0.161 e. The maximum Gasteiger partial charge on any atom is 0.161 e. The van der Waals surface area contributed by atoms with Crippen LogP contribution in [-0.2, 0) is 6.54 Å². The van der Waals surface area contributed by atoms with Gasteiger partial charge in [-0.3, -0.25) is 4.90 Å². The molecule has 1 aliphatic rings. The van der Waals surface area contributed by atoms with E-state index >= 15 is 0 Å². The summed E-state index contributed by atoms with van der Waals surface area (Å²) in [5, 5.41) is 3.50. The molecule has 5 heteroatoms. The van der Waals surface area contributed by atoms with Crippen LogP contribution in [0.3, 0.4) is 0 Å². The fraction of sp³-hybridized carbons (Fsp3) is 0.364. The first-order valence-electron chi connectivity index (χ1n) is 9.25. The number of piperazine rings is 1. The van der Waals surface area contributed by atoms with E-state index in [1.165, 1.54) is 11.1 Å². The van der Waals surface area contributed by atoms with Crippen LogP contribution >= 0.6 is 0 Å². The largest absolute Gasteiger partial charge is 0.496 e. The molecule has 1 atom stereocenters. The number of nitrogens with one attached hydrogen (secondary N) is 1. The van der Waals surface area contributed by atoms with E-state index in [1.807, 2.05) is 18.2 Å². The molecule has 0 aliphatic carbocycles. The summed E-state index contributed by atoms with van der Waals surface area (Å²) in [7, 11) is 3.40. The minimum atomic E-state index is 0.262. The number of hydrogen-bond donors (Lipinski definition) is 1. The molecule has 0 bridgehead atoms. The van der Waals surface area contributed by atoms with Gasteiger partial charge in [-0.15, -0.1) is 0 Å². The summed E-state index contributed by atoms with van der Waals surface area (Å²) in [4.78, 5) is 2.48. The Balaban J connectivity index is 1.81. The first-order chi connectivity index (χ1) is 13.3. The van der Waals surface area contributed by atoms with Crippen molar-refractivity contribution in [2.45, 2.75) is 12.6 Å². The van der Waals surface area contributed by atoms with Gasteiger partial charge in [0, 0.05) is 31.7 Å². The Morgan fingerprint density at radius 3 is 2.70 bits per heavy atom. The lowest BCUT2D eigenvalue weighted by Crippen LogP contribution is -2.45. The van der Waals surface area contributed by atoms with Gasteiger partial charge < -0.3 is 19.5 Å². The summed E-state index contributed by atoms with van der Waals surface area (Å²) in [6, 6.07) is 14.6. The Labute approximate surface area is 161 Å². The van der Waals surface area contributed by atoms with E-state index in [1.54, 1.807) is 20.3 Å². The van der Waals surface area contributed by atoms with Gasteiger partial charge in [0.25, 0.3) is 0 Å². The third kappa shape index (κ3) is 4.62. The molecule has 27 heavy (non-hydrogen) atoms. The van der Waals surface area contributed by atoms with Crippen LogP contribution in [0.1, 0.15) is 17.2 Å². The van der Waals surface area contributed by atoms with Crippen LogP contribution in [0.15, 0.2) is 55.1 Å². The van der Waals surface area contributed by atoms with Crippen LogP contribution in [0.5, 0.6) is 17.2 Å². The highest BCUT2D eigenvalue weighted by atomic mass is 16.5. The Bertz CT molecular complexity index is 763. The molecular weight excluding hydrogens is 340 g/mol. The van der Waals surface area contributed by atoms with Crippen molar-refractivity contribution < 1.29 is 14.2 Å². The van der Waals surface area contributed by atoms with Gasteiger partial charge in [0.05, 0.1) is 20.3 Å². The van der Waals surface area contributed by atoms with Crippen LogP contribution in [0.2, 0.25) is 0 Å². The number of methoxy groups -OCH3 is 2. The fourth-order valence-corrected chi connectivity index (χ4v) is 3.50. The highest BCUT2D eigenvalue weighted by molar-refractivity contribution is 5.43. The first kappa shape index (κ1) is 19.3. The van der Waals surface area contributed by atoms with Gasteiger partial charge in [-0.1, -0.05) is 36.9 Å². The molecular formula is C22H28N2O3. The van der Waals surface area contributed by atoms with Crippen molar-refractivity contribution in [2.75, 3.05) is 40.5 Å². The number of ether oxygens (including phenoxy) is 3. The normalized spacial score (nSPS) is 17.3. The number of para-hydroxylation sites is 1. The van der Waals surface area contributed by atoms with Gasteiger partial charge in [0.2, 0.25) is 0 Å². The second kappa shape index (κ2) is 9.44. The van der Waals surface area contributed by atoms with E-state index < -0.39 is 0 Å². The molecule has 2 aromatic carbocycles. The molecule has 1 heterocycles. The van der Waals surface area contributed by atoms with Gasteiger partial charge >= 0.3 is 0 Å². The molecule has 5 nitrogen and oxygen atoms in total. The summed E-state index contributed by atoms with van der Waals surface area (Å²) in [5.41, 5.74) is 2.41. The molecule has 1 saturated heterocycles. The fourth-order valence-electron chi connectivity index (χ4n) is 3.50. The Kier molecular flexibility index (Phi) is 6.74. The lowest BCUT2D eigenvalue weighted by molar-refractivity contribution is 0.151. The zero-order valence-corrected chi connectivity index (χ0v) is 16.1. The van der Waals surface area contributed by atoms with Crippen molar-refractivity contribution >= 4 is 0 Å². The first-order valence-corrected chi connectivity index (χ1v) is 9.25. The zero-order valence-electron chi connectivity index (χ0n) is 16.1. The second-order valence-corrected chi connectivity index (χ2v) is 6.52. The van der Waals surface area contributed by atoms with Gasteiger partial charge in [0.1, 0.15) is 12.4 Å². The highest BCUT2D eigenvalue weighted by Crippen LogP contribution is 2.33. The SMILES string of the molecule is C=CCOc1ccc(CN2CCNCC2c2ccccc2OC)cc1OC. The Morgan fingerprint density at radius 2 is 1.93 bits per heavy atom. The minimum Gasteiger partial charge on any atom is -0.496 e. The highest BCUT2D eigenvalue weighted by Gasteiger charge is 2.26. The third-order valence-corrected chi connectivity index (χ3v) is 4.82. The van der Waals surface area contributed by atoms with E-state index in [0.29, 0.717) is 6.61 Å². The summed E-state index contributed by atoms with van der Waals surface area (Å²) in [6.07, 6.45) is 1.73. The van der Waals surface area contributed by atoms with E-state index in [9.17, 15) is 0 Å². The number of benzene rings is 2. The molecule has 0 amide bonds. The van der Waals surface area contributed by atoms with Crippen molar-refractivity contribution in [2.24, 2.45) is 0 Å². The van der Waals surface area contributed by atoms with Crippen LogP contribution in [-0.4, -0.2) is 45.4 Å². The lowest BCUT2D eigenvalue weighted by Gasteiger charge is -2.37. The number of nitrogens with zero attached hydrogens (tertiary/aromatic N) is 1. The summed E-state index contributed by atoms with van der Waals surface area (Å²) < 4.78 is 16.8. The molecule has 2 aromatic rings. The molecule has 0 spiro atoms. The standard InChI is InChI=1S/C22H28N2O3/c1-4-13-27-21-10-9-17(14-22(21)26-3)16-24-12-11-23-15-19(24)18-7-5-6-8-20(18)25-2/h4-10,14,19,23H,1,11-13,15-16H2,2-3H3. The summed E-state index contributed by atoms with van der Waals surface area (Å²) in [6.45, 7) is 7.83. The van der Waals surface area contributed by atoms with E-state index in [-0.39, 0.29) is 6.04 Å². The van der Waals surface area contributed by atoms with E-state index in [0.717, 1.165) is 43.4 Å². The maximum atomic E-state index is 5.66. The van der Waals surface area contributed by atoms with Gasteiger partial charge in [-0.25, -0.2) is 0 Å². The molecule has 1 unspecified atom stereocenters. The molecule has 1 aliphatic heterocycles. The average Bonchev–Trinajstić information content (AvgIpc) is 2.73. The maximum absolute atomic E-state index is 5.66. The van der Waals surface area contributed by atoms with Crippen molar-refractivity contribution in [1.82, 2.24) is 10.2 Å². The molecule has 0 radical (unpaired) electrons. The van der Waals surface area contributed by atoms with Crippen LogP contribution in [0, 0.1) is 0 Å². The van der Waals surface area contributed by atoms with Gasteiger partial charge in [-0.2, -0.15) is 0 Å². The van der Waals surface area contributed by atoms with Crippen LogP contribution in [0.4, 0.5) is 0 Å². The van der Waals surface area contributed by atoms with E-state index in [4.69, 9.17) is 14.2 Å². The number of rotatable bonds is 8.